The van der Waals surface area contributed by atoms with Gasteiger partial charge in [0.25, 0.3) is 0 Å². The van der Waals surface area contributed by atoms with E-state index in [0.717, 1.165) is 33.7 Å². The van der Waals surface area contributed by atoms with Crippen LogP contribution in [0.5, 0.6) is 11.5 Å². The van der Waals surface area contributed by atoms with Gasteiger partial charge in [-0.05, 0) is 35.9 Å². The molecule has 6 nitrogen and oxygen atoms in total. The van der Waals surface area contributed by atoms with Gasteiger partial charge >= 0.3 is 0 Å². The van der Waals surface area contributed by atoms with Gasteiger partial charge in [-0.2, -0.15) is 5.26 Å². The van der Waals surface area contributed by atoms with Crippen LogP contribution in [-0.4, -0.2) is 28.8 Å². The van der Waals surface area contributed by atoms with Crippen molar-refractivity contribution < 1.29 is 9.47 Å². The lowest BCUT2D eigenvalue weighted by molar-refractivity contribution is 0.415. The third kappa shape index (κ3) is 3.66. The van der Waals surface area contributed by atoms with Crippen molar-refractivity contribution in [1.82, 2.24) is 14.6 Å². The van der Waals surface area contributed by atoms with Gasteiger partial charge in [0, 0.05) is 16.7 Å². The summed E-state index contributed by atoms with van der Waals surface area (Å²) >= 11 is 0. The summed E-state index contributed by atoms with van der Waals surface area (Å²) in [4.78, 5) is 4.79. The fourth-order valence-corrected chi connectivity index (χ4v) is 3.86. The van der Waals surface area contributed by atoms with Crippen molar-refractivity contribution in [2.45, 2.75) is 0 Å². The van der Waals surface area contributed by atoms with Crippen molar-refractivity contribution in [2.24, 2.45) is 0 Å². The van der Waals surface area contributed by atoms with Gasteiger partial charge in [0.05, 0.1) is 19.9 Å². The summed E-state index contributed by atoms with van der Waals surface area (Å²) in [6.45, 7) is 0. The normalized spacial score (nSPS) is 10.7. The molecule has 2 aromatic heterocycles. The second-order valence-corrected chi connectivity index (χ2v) is 7.43. The molecule has 33 heavy (non-hydrogen) atoms. The molecular weight excluding hydrogens is 412 g/mol. The largest absolute Gasteiger partial charge is 0.497 e. The number of nitriles is 1. The number of benzene rings is 3. The second kappa shape index (κ2) is 8.48. The minimum absolute atomic E-state index is 0.467. The molecule has 0 aliphatic heterocycles. The molecule has 0 fully saturated rings. The van der Waals surface area contributed by atoms with Crippen molar-refractivity contribution in [3.05, 3.63) is 90.5 Å². The molecule has 0 aliphatic rings. The Hall–Kier alpha value is -4.63. The molecule has 5 rings (SSSR count). The molecule has 0 N–H and O–H groups in total. The fourth-order valence-electron chi connectivity index (χ4n) is 3.86. The Kier molecular flexibility index (Phi) is 5.21. The standard InChI is InChI=1S/C27H20N4O2/c1-32-21-12-6-10-19(14-21)25-16-23(18-8-4-3-5-9-18)24(17-28)27-29-26(30-31(25)27)20-11-7-13-22(15-20)33-2/h3-16H,1-2H3. The average molecular weight is 432 g/mol. The van der Waals surface area contributed by atoms with Crippen molar-refractivity contribution in [3.8, 4) is 51.3 Å². The number of aromatic nitrogens is 3. The van der Waals surface area contributed by atoms with E-state index in [2.05, 4.69) is 6.07 Å². The van der Waals surface area contributed by atoms with Gasteiger partial charge in [0.2, 0.25) is 0 Å². The van der Waals surface area contributed by atoms with Crippen molar-refractivity contribution >= 4 is 5.65 Å². The number of rotatable bonds is 5. The SMILES string of the molecule is COc1cccc(-c2nc3c(C#N)c(-c4ccccc4)cc(-c4cccc(OC)c4)n3n2)c1. The molecule has 6 heteroatoms. The van der Waals surface area contributed by atoms with Crippen LogP contribution in [-0.2, 0) is 0 Å². The van der Waals surface area contributed by atoms with Crippen LogP contribution in [0.25, 0.3) is 39.4 Å². The first-order valence-corrected chi connectivity index (χ1v) is 10.4. The average Bonchev–Trinajstić information content (AvgIpc) is 3.33. The van der Waals surface area contributed by atoms with Gasteiger partial charge in [0.15, 0.2) is 11.5 Å². The van der Waals surface area contributed by atoms with Crippen LogP contribution in [0, 0.1) is 11.3 Å². The summed E-state index contributed by atoms with van der Waals surface area (Å²) in [5.74, 6) is 1.96. The minimum Gasteiger partial charge on any atom is -0.497 e. The van der Waals surface area contributed by atoms with Gasteiger partial charge < -0.3 is 9.47 Å². The third-order valence-electron chi connectivity index (χ3n) is 5.50. The van der Waals surface area contributed by atoms with E-state index < -0.39 is 0 Å². The first-order chi connectivity index (χ1) is 16.2. The molecule has 0 saturated carbocycles. The quantitative estimate of drug-likeness (QED) is 0.360. The molecule has 0 bridgehead atoms. The molecule has 0 saturated heterocycles. The number of pyridine rings is 1. The summed E-state index contributed by atoms with van der Waals surface area (Å²) in [6.07, 6.45) is 0. The maximum atomic E-state index is 10.1. The monoisotopic (exact) mass is 432 g/mol. The molecular formula is C27H20N4O2. The fraction of sp³-hybridized carbons (Fsp3) is 0.0741. The van der Waals surface area contributed by atoms with E-state index >= 15 is 0 Å². The Balaban J connectivity index is 1.83. The predicted molar refractivity (Wildman–Crippen MR) is 127 cm³/mol. The highest BCUT2D eigenvalue weighted by Crippen LogP contribution is 2.34. The topological polar surface area (TPSA) is 72.4 Å². The molecule has 0 aliphatic carbocycles. The van der Waals surface area contributed by atoms with Gasteiger partial charge in [-0.1, -0.05) is 54.6 Å². The third-order valence-corrected chi connectivity index (χ3v) is 5.50. The molecule has 160 valence electrons. The van der Waals surface area contributed by atoms with Crippen LogP contribution < -0.4 is 9.47 Å². The Labute approximate surface area is 191 Å². The van der Waals surface area contributed by atoms with E-state index in [0.29, 0.717) is 22.8 Å². The minimum atomic E-state index is 0.467. The lowest BCUT2D eigenvalue weighted by Crippen LogP contribution is -2.00. The maximum Gasteiger partial charge on any atom is 0.182 e. The van der Waals surface area contributed by atoms with E-state index in [1.165, 1.54) is 0 Å². The van der Waals surface area contributed by atoms with Crippen LogP contribution in [0.15, 0.2) is 84.9 Å². The Bertz CT molecular complexity index is 1500. The highest BCUT2D eigenvalue weighted by atomic mass is 16.5. The Morgan fingerprint density at radius 1 is 0.758 bits per heavy atom. The number of fused-ring (bicyclic) bond motifs is 1. The molecule has 0 radical (unpaired) electrons. The van der Waals surface area contributed by atoms with Gasteiger partial charge in [-0.25, -0.2) is 9.50 Å². The first-order valence-electron chi connectivity index (χ1n) is 10.4. The molecule has 0 unspecified atom stereocenters. The summed E-state index contributed by atoms with van der Waals surface area (Å²) in [6, 6.07) is 29.5. The maximum absolute atomic E-state index is 10.1. The summed E-state index contributed by atoms with van der Waals surface area (Å²) < 4.78 is 12.5. The van der Waals surface area contributed by atoms with Crippen molar-refractivity contribution in [2.75, 3.05) is 14.2 Å². The lowest BCUT2D eigenvalue weighted by atomic mass is 9.98. The molecule has 0 spiro atoms. The molecule has 0 amide bonds. The highest BCUT2D eigenvalue weighted by Gasteiger charge is 2.20. The number of hydrogen-bond acceptors (Lipinski definition) is 5. The zero-order chi connectivity index (χ0) is 22.8. The number of hydrogen-bond donors (Lipinski definition) is 0. The first kappa shape index (κ1) is 20.3. The van der Waals surface area contributed by atoms with Gasteiger partial charge in [0.1, 0.15) is 23.1 Å². The van der Waals surface area contributed by atoms with Crippen molar-refractivity contribution in [1.29, 1.82) is 5.26 Å². The van der Waals surface area contributed by atoms with E-state index in [1.54, 1.807) is 18.7 Å². The van der Waals surface area contributed by atoms with Crippen LogP contribution in [0.1, 0.15) is 5.56 Å². The van der Waals surface area contributed by atoms with Gasteiger partial charge in [-0.3, -0.25) is 0 Å². The van der Waals surface area contributed by atoms with E-state index in [-0.39, 0.29) is 0 Å². The Morgan fingerprint density at radius 3 is 2.06 bits per heavy atom. The summed E-state index contributed by atoms with van der Waals surface area (Å²) in [7, 11) is 3.26. The number of ether oxygens (including phenoxy) is 2. The summed E-state index contributed by atoms with van der Waals surface area (Å²) in [5, 5.41) is 14.9. The number of nitrogens with zero attached hydrogens (tertiary/aromatic N) is 4. The molecule has 2 heterocycles. The van der Waals surface area contributed by atoms with E-state index in [9.17, 15) is 5.26 Å². The summed E-state index contributed by atoms with van der Waals surface area (Å²) in [5.41, 5.74) is 5.22. The zero-order valence-electron chi connectivity index (χ0n) is 18.2. The molecule has 3 aromatic carbocycles. The van der Waals surface area contributed by atoms with Gasteiger partial charge in [-0.15, -0.1) is 5.10 Å². The molecule has 5 aromatic rings. The van der Waals surface area contributed by atoms with E-state index in [4.69, 9.17) is 19.6 Å². The predicted octanol–water partition coefficient (Wildman–Crippen LogP) is 5.62. The van der Waals surface area contributed by atoms with Crippen LogP contribution in [0.3, 0.4) is 0 Å². The van der Waals surface area contributed by atoms with Crippen LogP contribution in [0.2, 0.25) is 0 Å². The van der Waals surface area contributed by atoms with E-state index in [1.807, 2.05) is 84.9 Å². The number of methoxy groups -OCH3 is 2. The second-order valence-electron chi connectivity index (χ2n) is 7.43. The lowest BCUT2D eigenvalue weighted by Gasteiger charge is -2.11. The molecule has 0 atom stereocenters. The highest BCUT2D eigenvalue weighted by molar-refractivity contribution is 5.83. The Morgan fingerprint density at radius 2 is 1.39 bits per heavy atom. The smallest absolute Gasteiger partial charge is 0.182 e. The zero-order valence-corrected chi connectivity index (χ0v) is 18.2. The van der Waals surface area contributed by atoms with Crippen molar-refractivity contribution in [3.63, 3.8) is 0 Å². The van der Waals surface area contributed by atoms with Crippen LogP contribution >= 0.6 is 0 Å². The van der Waals surface area contributed by atoms with Crippen LogP contribution in [0.4, 0.5) is 0 Å².